The quantitative estimate of drug-likeness (QED) is 0.0354. The molecule has 0 saturated carbocycles. The predicted octanol–water partition coefficient (Wildman–Crippen LogP) is -0.180. The summed E-state index contributed by atoms with van der Waals surface area (Å²) < 4.78 is 62.1. The van der Waals surface area contributed by atoms with Gasteiger partial charge in [0.25, 0.3) is 0 Å². The minimum atomic E-state index is -5.57. The van der Waals surface area contributed by atoms with E-state index in [0.717, 1.165) is 61.1 Å². The van der Waals surface area contributed by atoms with E-state index in [1.54, 1.807) is 0 Å². The Morgan fingerprint density at radius 2 is 1.66 bits per heavy atom. The number of hydrogen-bond acceptors (Lipinski definition) is 18. The van der Waals surface area contributed by atoms with Crippen molar-refractivity contribution in [1.29, 1.82) is 0 Å². The molecular weight excluding hydrogens is 866 g/mol. The van der Waals surface area contributed by atoms with E-state index in [4.69, 9.17) is 19.5 Å². The van der Waals surface area contributed by atoms with E-state index in [1.807, 2.05) is 0 Å². The van der Waals surface area contributed by atoms with Gasteiger partial charge in [0.05, 0.1) is 19.5 Å². The number of nitrogens with zero attached hydrogens (tertiary/aromatic N) is 4. The van der Waals surface area contributed by atoms with Crippen molar-refractivity contribution in [2.24, 2.45) is 5.41 Å². The van der Waals surface area contributed by atoms with E-state index in [2.05, 4.69) is 41.3 Å². The Hall–Kier alpha value is -1.88. The van der Waals surface area contributed by atoms with Crippen molar-refractivity contribution in [3.8, 4) is 0 Å². The second kappa shape index (κ2) is 24.7. The average Bonchev–Trinajstić information content (AvgIpc) is 3.68. The molecule has 25 nitrogen and oxygen atoms in total. The summed E-state index contributed by atoms with van der Waals surface area (Å²) in [5, 5.41) is 26.5. The van der Waals surface area contributed by atoms with Crippen molar-refractivity contribution >= 4 is 88.0 Å². The van der Waals surface area contributed by atoms with Crippen LogP contribution in [0.25, 0.3) is 11.2 Å². The number of nitrogens with one attached hydrogen (secondary N) is 2. The van der Waals surface area contributed by atoms with Crippen molar-refractivity contribution in [2.75, 3.05) is 37.8 Å². The molecule has 2 aromatic heterocycles. The molecule has 0 bridgehead atoms. The molecule has 0 spiro atoms. The number of phosphoric ester groups is 3. The van der Waals surface area contributed by atoms with E-state index in [1.165, 1.54) is 13.8 Å². The third-order valence-corrected chi connectivity index (χ3v) is 12.3. The maximum atomic E-state index is 12.7. The van der Waals surface area contributed by atoms with Crippen molar-refractivity contribution in [3.63, 3.8) is 0 Å². The van der Waals surface area contributed by atoms with Crippen molar-refractivity contribution < 1.29 is 86.0 Å². The molecule has 2 unspecified atom stereocenters. The molecule has 2 aromatic rings. The Bertz CT molecular complexity index is 1830. The largest absolute Gasteiger partial charge is 0.481 e. The van der Waals surface area contributed by atoms with Crippen LogP contribution in [0, 0.1) is 5.41 Å². The molecule has 0 aromatic carbocycles. The molecule has 1 radical (unpaired) electrons. The van der Waals surface area contributed by atoms with Crippen LogP contribution >= 0.6 is 35.2 Å². The number of hydrogen-bond donors (Lipinski definition) is 9. The third-order valence-electron chi connectivity index (χ3n) is 8.25. The van der Waals surface area contributed by atoms with Crippen LogP contribution in [-0.4, -0.2) is 147 Å². The first-order valence-corrected chi connectivity index (χ1v) is 23.1. The van der Waals surface area contributed by atoms with Gasteiger partial charge in [-0.3, -0.25) is 32.5 Å². The summed E-state index contributed by atoms with van der Waals surface area (Å²) >= 11 is 1.13. The first-order valence-electron chi connectivity index (χ1n) is 17.6. The third kappa shape index (κ3) is 18.2. The maximum Gasteiger partial charge on any atom is 0.481 e. The van der Waals surface area contributed by atoms with Gasteiger partial charge in [-0.2, -0.15) is 4.31 Å². The Morgan fingerprint density at radius 3 is 2.32 bits per heavy atom. The van der Waals surface area contributed by atoms with Gasteiger partial charge in [-0.15, -0.1) is 0 Å². The van der Waals surface area contributed by atoms with Crippen LogP contribution in [-0.2, 0) is 50.7 Å². The second-order valence-corrected chi connectivity index (χ2v) is 18.8. The molecule has 7 atom stereocenters. The van der Waals surface area contributed by atoms with Crippen LogP contribution in [0.4, 0.5) is 5.82 Å². The summed E-state index contributed by atoms with van der Waals surface area (Å²) in [6.45, 7) is 2.67. The number of ether oxygens (including phenoxy) is 1. The maximum absolute atomic E-state index is 12.7. The number of fused-ring (bicyclic) bond motifs is 1. The fourth-order valence-corrected chi connectivity index (χ4v) is 8.79. The monoisotopic (exact) mass is 918 g/mol. The smallest absolute Gasteiger partial charge is 0.412 e. The molecule has 3 rings (SSSR count). The number of nitrogens with two attached hydrogens (primary N) is 1. The number of imidazole rings is 1. The van der Waals surface area contributed by atoms with Crippen LogP contribution in [0.2, 0.25) is 0 Å². The summed E-state index contributed by atoms with van der Waals surface area (Å²) in [7, 11) is -16.4. The van der Waals surface area contributed by atoms with Gasteiger partial charge in [-0.25, -0.2) is 28.6 Å². The number of carbonyl (C=O) groups excluding carboxylic acids is 3. The Morgan fingerprint density at radius 1 is 1.00 bits per heavy atom. The molecule has 12 N–H and O–H groups in total. The molecule has 1 saturated heterocycles. The van der Waals surface area contributed by atoms with E-state index < -0.39 is 84.6 Å². The molecule has 2 amide bonds. The summed E-state index contributed by atoms with van der Waals surface area (Å²) in [5.74, 6) is -1.03. The molecular formula is C29H52LiN7O18P3S. The first kappa shape index (κ1) is 55.1. The van der Waals surface area contributed by atoms with Gasteiger partial charge >= 0.3 is 23.5 Å². The molecule has 0 aliphatic carbocycles. The SMILES string of the molecule is CCCCCCCC(=O)SCCNC(=O)CCNC(=O)[C@H](O)C(C)(C)COP(=O)(O)OP(=O)(O)OC[C@H]1O[C@@H](n2cnc3c(N)ncnc32)[C@H](O)[C@@H]1OP(=O)(O)O.O.[Li]. The number of thioether (sulfide) groups is 1. The summed E-state index contributed by atoms with van der Waals surface area (Å²) in [5.41, 5.74) is 4.27. The van der Waals surface area contributed by atoms with E-state index in [9.17, 15) is 57.9 Å². The number of unbranched alkanes of at least 4 members (excludes halogenated alkanes) is 4. The molecule has 1 fully saturated rings. The van der Waals surface area contributed by atoms with Gasteiger partial charge in [0, 0.05) is 56.0 Å². The molecule has 1 aliphatic rings. The number of carbonyl (C=O) groups is 3. The topological polar surface area (TPSA) is 395 Å². The average molecular weight is 919 g/mol. The molecule has 333 valence electrons. The number of aliphatic hydroxyl groups excluding tert-OH is 2. The van der Waals surface area contributed by atoms with E-state index in [0.29, 0.717) is 12.2 Å². The minimum Gasteiger partial charge on any atom is -0.412 e. The van der Waals surface area contributed by atoms with Crippen molar-refractivity contribution in [3.05, 3.63) is 12.7 Å². The van der Waals surface area contributed by atoms with Crippen molar-refractivity contribution in [2.45, 2.75) is 96.4 Å². The molecule has 30 heteroatoms. The van der Waals surface area contributed by atoms with Gasteiger partial charge in [0.15, 0.2) is 22.8 Å². The van der Waals surface area contributed by atoms with Gasteiger partial charge in [0.2, 0.25) is 11.8 Å². The summed E-state index contributed by atoms with van der Waals surface area (Å²) in [6.07, 6.45) is -1.22. The number of anilines is 1. The number of aliphatic hydroxyl groups is 2. The zero-order valence-electron chi connectivity index (χ0n) is 32.8. The van der Waals surface area contributed by atoms with E-state index in [-0.39, 0.29) is 65.9 Å². The van der Waals surface area contributed by atoms with Crippen LogP contribution in [0.3, 0.4) is 0 Å². The summed E-state index contributed by atoms with van der Waals surface area (Å²) in [4.78, 5) is 87.6. The zero-order valence-corrected chi connectivity index (χ0v) is 36.3. The number of rotatable bonds is 25. The fourth-order valence-electron chi connectivity index (χ4n) is 5.24. The van der Waals surface area contributed by atoms with Gasteiger partial charge in [-0.1, -0.05) is 58.2 Å². The number of phosphoric acid groups is 3. The standard InChI is InChI=1S/C29H50N7O17P3S.Li.H2O/c1-4-5-6-7-8-9-20(38)57-13-12-31-19(37)10-11-32-27(41)24(40)29(2,3)15-50-56(47,48)53-55(45,46)49-14-18-23(52-54(42,43)44)22(39)28(51-18)36-17-35-21-25(30)33-16-34-26(21)36;;/h16-18,22-24,28,39-40H,4-15H2,1-3H3,(H,31,37)(H,32,41)(H,45,46)(H,47,48)(H2,30,33,34)(H2,42,43,44);;1H2/t18-,22-,23-,24+,28-;;/m1../s1. The van der Waals surface area contributed by atoms with Crippen LogP contribution in [0.15, 0.2) is 12.7 Å². The Kier molecular flexibility index (Phi) is 23.1. The van der Waals surface area contributed by atoms with Gasteiger partial charge in [0.1, 0.15) is 36.3 Å². The predicted molar refractivity (Wildman–Crippen MR) is 210 cm³/mol. The number of nitrogen functional groups attached to an aromatic ring is 1. The number of amides is 2. The molecule has 3 heterocycles. The summed E-state index contributed by atoms with van der Waals surface area (Å²) in [6, 6.07) is 0. The first-order chi connectivity index (χ1) is 26.6. The Balaban J connectivity index is 0.00000870. The zero-order chi connectivity index (χ0) is 42.6. The van der Waals surface area contributed by atoms with Crippen molar-refractivity contribution in [1.82, 2.24) is 30.2 Å². The van der Waals surface area contributed by atoms with Crippen LogP contribution in [0.5, 0.6) is 0 Å². The normalized spacial score (nSPS) is 20.8. The van der Waals surface area contributed by atoms with Crippen LogP contribution in [0.1, 0.15) is 71.9 Å². The molecule has 1 aliphatic heterocycles. The minimum absolute atomic E-state index is 0. The number of aromatic nitrogens is 4. The van der Waals surface area contributed by atoms with Crippen LogP contribution < -0.4 is 16.4 Å². The Labute approximate surface area is 355 Å². The fraction of sp³-hybridized carbons (Fsp3) is 0.724. The van der Waals surface area contributed by atoms with Gasteiger partial charge < -0.3 is 56.4 Å². The van der Waals surface area contributed by atoms with Gasteiger partial charge in [-0.05, 0) is 6.42 Å². The van der Waals surface area contributed by atoms with E-state index >= 15 is 0 Å². The second-order valence-electron chi connectivity index (χ2n) is 13.5. The molecule has 59 heavy (non-hydrogen) atoms.